The van der Waals surface area contributed by atoms with Gasteiger partial charge in [-0.1, -0.05) is 0 Å². The van der Waals surface area contributed by atoms with E-state index in [1.807, 2.05) is 0 Å². The molecule has 0 aromatic rings. The van der Waals surface area contributed by atoms with Crippen molar-refractivity contribution >= 4 is 0 Å². The SMILES string of the molecule is CO[C@H]1O[C@H](CO)C(F)[C@H]1O. The van der Waals surface area contributed by atoms with Crippen LogP contribution in [0.25, 0.3) is 0 Å². The molecule has 2 N–H and O–H groups in total. The van der Waals surface area contributed by atoms with E-state index in [4.69, 9.17) is 14.9 Å². The van der Waals surface area contributed by atoms with E-state index in [9.17, 15) is 4.39 Å². The number of methoxy groups -OCH3 is 1. The quantitative estimate of drug-likeness (QED) is 0.555. The molecule has 4 nitrogen and oxygen atoms in total. The minimum atomic E-state index is -1.56. The van der Waals surface area contributed by atoms with Gasteiger partial charge in [0.05, 0.1) is 6.61 Å². The minimum Gasteiger partial charge on any atom is -0.394 e. The normalized spacial score (nSPS) is 44.7. The molecule has 1 unspecified atom stereocenters. The van der Waals surface area contributed by atoms with Crippen molar-refractivity contribution in [3.05, 3.63) is 0 Å². The molecule has 4 atom stereocenters. The highest BCUT2D eigenvalue weighted by Crippen LogP contribution is 2.23. The lowest BCUT2D eigenvalue weighted by Gasteiger charge is -2.10. The first kappa shape index (κ1) is 8.86. The second-order valence-corrected chi connectivity index (χ2v) is 2.40. The molecule has 1 saturated heterocycles. The Balaban J connectivity index is 2.53. The average Bonchev–Trinajstić information content (AvgIpc) is 2.30. The molecule has 1 aliphatic heterocycles. The van der Waals surface area contributed by atoms with Gasteiger partial charge in [0.1, 0.15) is 12.2 Å². The fraction of sp³-hybridized carbons (Fsp3) is 1.00. The number of alkyl halides is 1. The zero-order valence-electron chi connectivity index (χ0n) is 6.11. The first-order valence-electron chi connectivity index (χ1n) is 3.32. The lowest BCUT2D eigenvalue weighted by atomic mass is 10.2. The first-order valence-corrected chi connectivity index (χ1v) is 3.32. The molecule has 5 heteroatoms. The molecule has 0 saturated carbocycles. The van der Waals surface area contributed by atoms with Gasteiger partial charge in [0.25, 0.3) is 0 Å². The third-order valence-electron chi connectivity index (χ3n) is 1.68. The van der Waals surface area contributed by atoms with Crippen LogP contribution < -0.4 is 0 Å². The lowest BCUT2D eigenvalue weighted by Crippen LogP contribution is -2.30. The predicted octanol–water partition coefficient (Wildman–Crippen LogP) is -0.951. The van der Waals surface area contributed by atoms with Gasteiger partial charge in [-0.2, -0.15) is 0 Å². The summed E-state index contributed by atoms with van der Waals surface area (Å²) in [6.45, 7) is -0.446. The van der Waals surface area contributed by atoms with Crippen LogP contribution in [0.4, 0.5) is 4.39 Å². The summed E-state index contributed by atoms with van der Waals surface area (Å²) in [7, 11) is 1.31. The number of hydrogen-bond donors (Lipinski definition) is 2. The van der Waals surface area contributed by atoms with Gasteiger partial charge in [0, 0.05) is 7.11 Å². The molecule has 1 heterocycles. The standard InChI is InChI=1S/C6H11FO4/c1-10-6-5(9)4(7)3(2-8)11-6/h3-6,8-9H,2H2,1H3/t3-,4?,5-,6+/m1/s1. The largest absolute Gasteiger partial charge is 0.394 e. The van der Waals surface area contributed by atoms with Crippen LogP contribution in [-0.4, -0.2) is 48.6 Å². The van der Waals surface area contributed by atoms with Gasteiger partial charge in [-0.3, -0.25) is 0 Å². The van der Waals surface area contributed by atoms with Crippen molar-refractivity contribution < 1.29 is 24.1 Å². The molecule has 1 fully saturated rings. The van der Waals surface area contributed by atoms with Crippen LogP contribution >= 0.6 is 0 Å². The van der Waals surface area contributed by atoms with Crippen LogP contribution in [0.2, 0.25) is 0 Å². The third-order valence-corrected chi connectivity index (χ3v) is 1.68. The van der Waals surface area contributed by atoms with E-state index < -0.39 is 31.3 Å². The van der Waals surface area contributed by atoms with Crippen molar-refractivity contribution in [3.8, 4) is 0 Å². The van der Waals surface area contributed by atoms with Crippen LogP contribution in [0.5, 0.6) is 0 Å². The molecular weight excluding hydrogens is 155 g/mol. The predicted molar refractivity (Wildman–Crippen MR) is 33.7 cm³/mol. The number of aliphatic hydroxyl groups excluding tert-OH is 2. The van der Waals surface area contributed by atoms with Gasteiger partial charge in [-0.25, -0.2) is 4.39 Å². The summed E-state index contributed by atoms with van der Waals surface area (Å²) >= 11 is 0. The molecule has 0 bridgehead atoms. The maximum absolute atomic E-state index is 12.8. The van der Waals surface area contributed by atoms with Gasteiger partial charge in [0.2, 0.25) is 0 Å². The van der Waals surface area contributed by atoms with E-state index in [2.05, 4.69) is 4.74 Å². The highest BCUT2D eigenvalue weighted by molar-refractivity contribution is 4.86. The Morgan fingerprint density at radius 3 is 2.55 bits per heavy atom. The molecule has 0 aromatic heterocycles. The van der Waals surface area contributed by atoms with Crippen molar-refractivity contribution in [2.24, 2.45) is 0 Å². The molecular formula is C6H11FO4. The molecule has 1 rings (SSSR count). The maximum atomic E-state index is 12.8. The molecule has 11 heavy (non-hydrogen) atoms. The van der Waals surface area contributed by atoms with Crippen LogP contribution in [0.3, 0.4) is 0 Å². The Hall–Kier alpha value is -0.230. The summed E-state index contributed by atoms with van der Waals surface area (Å²) in [5.41, 5.74) is 0. The topological polar surface area (TPSA) is 58.9 Å². The minimum absolute atomic E-state index is 0.446. The van der Waals surface area contributed by atoms with E-state index in [0.717, 1.165) is 0 Å². The molecule has 0 amide bonds. The monoisotopic (exact) mass is 166 g/mol. The Morgan fingerprint density at radius 1 is 1.64 bits per heavy atom. The van der Waals surface area contributed by atoms with Crippen LogP contribution in [0.1, 0.15) is 0 Å². The van der Waals surface area contributed by atoms with Crippen molar-refractivity contribution in [1.29, 1.82) is 0 Å². The molecule has 66 valence electrons. The molecule has 0 spiro atoms. The van der Waals surface area contributed by atoms with Crippen LogP contribution in [0, 0.1) is 0 Å². The van der Waals surface area contributed by atoms with Gasteiger partial charge in [0.15, 0.2) is 12.5 Å². The average molecular weight is 166 g/mol. The summed E-state index contributed by atoms with van der Waals surface area (Å²) in [6.07, 6.45) is -4.78. The van der Waals surface area contributed by atoms with E-state index >= 15 is 0 Å². The molecule has 0 aromatic carbocycles. The van der Waals surface area contributed by atoms with E-state index in [1.54, 1.807) is 0 Å². The summed E-state index contributed by atoms with van der Waals surface area (Å²) in [6, 6.07) is 0. The summed E-state index contributed by atoms with van der Waals surface area (Å²) in [5.74, 6) is 0. The van der Waals surface area contributed by atoms with Crippen LogP contribution in [-0.2, 0) is 9.47 Å². The summed E-state index contributed by atoms with van der Waals surface area (Å²) in [5, 5.41) is 17.6. The number of ether oxygens (including phenoxy) is 2. The maximum Gasteiger partial charge on any atom is 0.186 e. The lowest BCUT2D eigenvalue weighted by molar-refractivity contribution is -0.153. The molecule has 0 aliphatic carbocycles. The van der Waals surface area contributed by atoms with Gasteiger partial charge in [-0.05, 0) is 0 Å². The number of halogens is 1. The zero-order valence-corrected chi connectivity index (χ0v) is 6.11. The third kappa shape index (κ3) is 1.51. The Bertz CT molecular complexity index is 114. The fourth-order valence-electron chi connectivity index (χ4n) is 1.04. The van der Waals surface area contributed by atoms with Gasteiger partial charge in [-0.15, -0.1) is 0 Å². The highest BCUT2D eigenvalue weighted by Gasteiger charge is 2.43. The summed E-state index contributed by atoms with van der Waals surface area (Å²) < 4.78 is 22.2. The van der Waals surface area contributed by atoms with E-state index in [1.165, 1.54) is 7.11 Å². The van der Waals surface area contributed by atoms with Gasteiger partial charge >= 0.3 is 0 Å². The van der Waals surface area contributed by atoms with E-state index in [0.29, 0.717) is 0 Å². The highest BCUT2D eigenvalue weighted by atomic mass is 19.1. The Morgan fingerprint density at radius 2 is 2.27 bits per heavy atom. The number of rotatable bonds is 2. The molecule has 0 radical (unpaired) electrons. The van der Waals surface area contributed by atoms with Crippen molar-refractivity contribution in [1.82, 2.24) is 0 Å². The number of aliphatic hydroxyl groups is 2. The zero-order chi connectivity index (χ0) is 8.43. The fourth-order valence-corrected chi connectivity index (χ4v) is 1.04. The van der Waals surface area contributed by atoms with Gasteiger partial charge < -0.3 is 19.7 Å². The summed E-state index contributed by atoms with van der Waals surface area (Å²) in [4.78, 5) is 0. The molecule has 1 aliphatic rings. The first-order chi connectivity index (χ1) is 5.20. The van der Waals surface area contributed by atoms with Crippen molar-refractivity contribution in [2.45, 2.75) is 24.7 Å². The van der Waals surface area contributed by atoms with Crippen molar-refractivity contribution in [2.75, 3.05) is 13.7 Å². The second-order valence-electron chi connectivity index (χ2n) is 2.40. The Labute approximate surface area is 63.5 Å². The van der Waals surface area contributed by atoms with E-state index in [-0.39, 0.29) is 0 Å². The smallest absolute Gasteiger partial charge is 0.186 e. The van der Waals surface area contributed by atoms with Crippen molar-refractivity contribution in [3.63, 3.8) is 0 Å². The Kier molecular flexibility index (Phi) is 2.78. The second kappa shape index (κ2) is 3.44. The van der Waals surface area contributed by atoms with Crippen LogP contribution in [0.15, 0.2) is 0 Å². The number of hydrogen-bond acceptors (Lipinski definition) is 4.